The van der Waals surface area contributed by atoms with E-state index < -0.39 is 22.0 Å². The second-order valence-corrected chi connectivity index (χ2v) is 8.67. The first kappa shape index (κ1) is 25.3. The Kier molecular flexibility index (Phi) is 15.0. The van der Waals surface area contributed by atoms with E-state index in [0.717, 1.165) is 32.1 Å². The van der Waals surface area contributed by atoms with Gasteiger partial charge in [0, 0.05) is 19.5 Å². The van der Waals surface area contributed by atoms with Crippen LogP contribution < -0.4 is 0 Å². The molecule has 1 amide bonds. The third-order valence-corrected chi connectivity index (χ3v) is 5.27. The standard InChI is InChI=1S/C19H39NO5S/c1-3-5-7-8-9-10-11-12-13-14-19(22)20(15-6-4-2)16-18(21)17-26(23,24)25/h18,21H,3-17H2,1-2H3,(H,23,24,25). The lowest BCUT2D eigenvalue weighted by Gasteiger charge is -2.25. The van der Waals surface area contributed by atoms with Gasteiger partial charge in [0.1, 0.15) is 5.75 Å². The van der Waals surface area contributed by atoms with Crippen LogP contribution in [0.5, 0.6) is 0 Å². The van der Waals surface area contributed by atoms with Crippen molar-refractivity contribution in [3.8, 4) is 0 Å². The SMILES string of the molecule is CCCCCCCCCCCC(=O)N(CCCC)CC(O)CS(=O)(=O)O. The minimum Gasteiger partial charge on any atom is -0.390 e. The molecule has 0 saturated heterocycles. The minimum absolute atomic E-state index is 0.0456. The van der Waals surface area contributed by atoms with Crippen LogP contribution in [0.2, 0.25) is 0 Å². The van der Waals surface area contributed by atoms with Gasteiger partial charge in [0.15, 0.2) is 0 Å². The van der Waals surface area contributed by atoms with Gasteiger partial charge in [-0.1, -0.05) is 71.6 Å². The van der Waals surface area contributed by atoms with Gasteiger partial charge >= 0.3 is 0 Å². The van der Waals surface area contributed by atoms with Crippen LogP contribution in [0.3, 0.4) is 0 Å². The van der Waals surface area contributed by atoms with Gasteiger partial charge in [-0.3, -0.25) is 9.35 Å². The maximum absolute atomic E-state index is 12.4. The average Bonchev–Trinajstić information content (AvgIpc) is 2.55. The van der Waals surface area contributed by atoms with Crippen molar-refractivity contribution in [3.63, 3.8) is 0 Å². The second-order valence-electron chi connectivity index (χ2n) is 7.17. The van der Waals surface area contributed by atoms with Gasteiger partial charge in [0.2, 0.25) is 5.91 Å². The summed E-state index contributed by atoms with van der Waals surface area (Å²) in [6.07, 6.45) is 11.5. The second kappa shape index (κ2) is 15.4. The highest BCUT2D eigenvalue weighted by Crippen LogP contribution is 2.12. The maximum atomic E-state index is 12.4. The van der Waals surface area contributed by atoms with E-state index in [1.165, 1.54) is 43.4 Å². The van der Waals surface area contributed by atoms with E-state index in [1.807, 2.05) is 6.92 Å². The van der Waals surface area contributed by atoms with Crippen molar-refractivity contribution in [1.29, 1.82) is 0 Å². The number of amides is 1. The van der Waals surface area contributed by atoms with E-state index in [1.54, 1.807) is 0 Å². The molecule has 2 N–H and O–H groups in total. The van der Waals surface area contributed by atoms with Crippen molar-refractivity contribution < 1.29 is 22.9 Å². The Morgan fingerprint density at radius 2 is 1.38 bits per heavy atom. The van der Waals surface area contributed by atoms with E-state index in [0.29, 0.717) is 13.0 Å². The fourth-order valence-electron chi connectivity index (χ4n) is 2.96. The molecule has 0 aromatic carbocycles. The van der Waals surface area contributed by atoms with Crippen LogP contribution in [0, 0.1) is 0 Å². The van der Waals surface area contributed by atoms with Crippen LogP contribution in [0.4, 0.5) is 0 Å². The molecule has 1 unspecified atom stereocenters. The fourth-order valence-corrected chi connectivity index (χ4v) is 3.55. The van der Waals surface area contributed by atoms with Crippen LogP contribution in [-0.2, 0) is 14.9 Å². The molecule has 0 rings (SSSR count). The summed E-state index contributed by atoms with van der Waals surface area (Å²) in [5, 5.41) is 9.80. The lowest BCUT2D eigenvalue weighted by Crippen LogP contribution is -2.40. The summed E-state index contributed by atoms with van der Waals surface area (Å²) in [7, 11) is -4.24. The molecule has 0 aliphatic carbocycles. The molecule has 7 heteroatoms. The maximum Gasteiger partial charge on any atom is 0.267 e. The Balaban J connectivity index is 4.07. The van der Waals surface area contributed by atoms with Crippen molar-refractivity contribution in [2.75, 3.05) is 18.8 Å². The zero-order valence-corrected chi connectivity index (χ0v) is 17.5. The van der Waals surface area contributed by atoms with Gasteiger partial charge in [0.05, 0.1) is 6.10 Å². The molecule has 0 aromatic heterocycles. The summed E-state index contributed by atoms with van der Waals surface area (Å²) in [6, 6.07) is 0. The van der Waals surface area contributed by atoms with Gasteiger partial charge < -0.3 is 10.0 Å². The third kappa shape index (κ3) is 15.6. The van der Waals surface area contributed by atoms with Crippen LogP contribution in [-0.4, -0.2) is 53.8 Å². The van der Waals surface area contributed by atoms with Crippen molar-refractivity contribution >= 4 is 16.0 Å². The topological polar surface area (TPSA) is 94.9 Å². The molecule has 26 heavy (non-hydrogen) atoms. The van der Waals surface area contributed by atoms with Gasteiger partial charge in [0.25, 0.3) is 10.1 Å². The molecule has 0 aliphatic heterocycles. The fraction of sp³-hybridized carbons (Fsp3) is 0.947. The number of nitrogens with zero attached hydrogens (tertiary/aromatic N) is 1. The molecule has 0 aromatic rings. The quantitative estimate of drug-likeness (QED) is 0.290. The highest BCUT2D eigenvalue weighted by atomic mass is 32.2. The number of unbranched alkanes of at least 4 members (excludes halogenated alkanes) is 9. The number of carbonyl (C=O) groups excluding carboxylic acids is 1. The van der Waals surface area contributed by atoms with Crippen LogP contribution in [0.1, 0.15) is 90.9 Å². The molecule has 156 valence electrons. The zero-order chi connectivity index (χ0) is 19.8. The lowest BCUT2D eigenvalue weighted by molar-refractivity contribution is -0.132. The molecule has 0 aliphatic rings. The number of carbonyl (C=O) groups is 1. The molecule has 0 bridgehead atoms. The van der Waals surface area contributed by atoms with Gasteiger partial charge in [-0.25, -0.2) is 0 Å². The molecule has 0 saturated carbocycles. The van der Waals surface area contributed by atoms with Gasteiger partial charge in [-0.15, -0.1) is 0 Å². The molecule has 0 radical (unpaired) electrons. The predicted octanol–water partition coefficient (Wildman–Crippen LogP) is 3.78. The van der Waals surface area contributed by atoms with Gasteiger partial charge in [-0.05, 0) is 12.8 Å². The Bertz CT molecular complexity index is 453. The smallest absolute Gasteiger partial charge is 0.267 e. The number of aliphatic hydroxyl groups is 1. The van der Waals surface area contributed by atoms with Crippen molar-refractivity contribution in [1.82, 2.24) is 4.90 Å². The minimum atomic E-state index is -4.24. The van der Waals surface area contributed by atoms with E-state index in [9.17, 15) is 18.3 Å². The number of rotatable bonds is 17. The first-order valence-corrected chi connectivity index (χ1v) is 11.8. The highest BCUT2D eigenvalue weighted by molar-refractivity contribution is 7.85. The van der Waals surface area contributed by atoms with E-state index in [4.69, 9.17) is 4.55 Å². The van der Waals surface area contributed by atoms with Crippen molar-refractivity contribution in [3.05, 3.63) is 0 Å². The number of aliphatic hydroxyl groups excluding tert-OH is 1. The molecule has 0 fully saturated rings. The molecule has 0 heterocycles. The average molecular weight is 394 g/mol. The molecule has 0 spiro atoms. The monoisotopic (exact) mass is 393 g/mol. The number of hydrogen-bond donors (Lipinski definition) is 2. The van der Waals surface area contributed by atoms with E-state index in [-0.39, 0.29) is 12.5 Å². The summed E-state index contributed by atoms with van der Waals surface area (Å²) < 4.78 is 30.5. The van der Waals surface area contributed by atoms with E-state index >= 15 is 0 Å². The first-order chi connectivity index (χ1) is 12.3. The Morgan fingerprint density at radius 3 is 1.88 bits per heavy atom. The van der Waals surface area contributed by atoms with Crippen LogP contribution >= 0.6 is 0 Å². The Labute approximate surface area is 160 Å². The zero-order valence-electron chi connectivity index (χ0n) is 16.7. The normalized spacial score (nSPS) is 12.9. The summed E-state index contributed by atoms with van der Waals surface area (Å²) in [6.45, 7) is 4.69. The number of hydrogen-bond acceptors (Lipinski definition) is 4. The highest BCUT2D eigenvalue weighted by Gasteiger charge is 2.20. The lowest BCUT2D eigenvalue weighted by atomic mass is 10.1. The van der Waals surface area contributed by atoms with Crippen molar-refractivity contribution in [2.45, 2.75) is 97.0 Å². The van der Waals surface area contributed by atoms with E-state index in [2.05, 4.69) is 6.92 Å². The molecule has 6 nitrogen and oxygen atoms in total. The summed E-state index contributed by atoms with van der Waals surface area (Å²) >= 11 is 0. The van der Waals surface area contributed by atoms with Crippen LogP contribution in [0.25, 0.3) is 0 Å². The summed E-state index contributed by atoms with van der Waals surface area (Å²) in [5.41, 5.74) is 0. The Morgan fingerprint density at radius 1 is 0.885 bits per heavy atom. The summed E-state index contributed by atoms with van der Waals surface area (Å²) in [5.74, 6) is -0.781. The van der Waals surface area contributed by atoms with Gasteiger partial charge in [-0.2, -0.15) is 8.42 Å². The predicted molar refractivity (Wildman–Crippen MR) is 106 cm³/mol. The molecular weight excluding hydrogens is 354 g/mol. The third-order valence-electron chi connectivity index (χ3n) is 4.46. The Hall–Kier alpha value is -0.660. The largest absolute Gasteiger partial charge is 0.390 e. The van der Waals surface area contributed by atoms with Crippen molar-refractivity contribution in [2.24, 2.45) is 0 Å². The van der Waals surface area contributed by atoms with Crippen LogP contribution in [0.15, 0.2) is 0 Å². The molecule has 1 atom stereocenters. The molecular formula is C19H39NO5S. The first-order valence-electron chi connectivity index (χ1n) is 10.2. The summed E-state index contributed by atoms with van der Waals surface area (Å²) in [4.78, 5) is 13.9.